The molecule has 0 radical (unpaired) electrons. The van der Waals surface area contributed by atoms with Gasteiger partial charge in [0.25, 0.3) is 0 Å². The van der Waals surface area contributed by atoms with Gasteiger partial charge in [0.05, 0.1) is 13.2 Å². The Balaban J connectivity index is 1.66. The number of hydrogen-bond donors (Lipinski definition) is 3. The molecule has 1 heterocycles. The third-order valence-corrected chi connectivity index (χ3v) is 4.57. The van der Waals surface area contributed by atoms with Crippen LogP contribution in [0.15, 0.2) is 48.5 Å². The van der Waals surface area contributed by atoms with E-state index in [4.69, 9.17) is 10.1 Å². The zero-order chi connectivity index (χ0) is 21.7. The highest BCUT2D eigenvalue weighted by atomic mass is 19.3. The van der Waals surface area contributed by atoms with Gasteiger partial charge in [-0.1, -0.05) is 12.1 Å². The van der Waals surface area contributed by atoms with Gasteiger partial charge < -0.3 is 25.5 Å². The first-order valence-corrected chi connectivity index (χ1v) is 9.23. The molecule has 3 N–H and O–H groups in total. The number of amides is 2. The van der Waals surface area contributed by atoms with E-state index in [1.54, 1.807) is 12.1 Å². The predicted molar refractivity (Wildman–Crippen MR) is 107 cm³/mol. The van der Waals surface area contributed by atoms with Crippen LogP contribution in [-0.2, 0) is 14.3 Å². The van der Waals surface area contributed by atoms with Gasteiger partial charge in [-0.3, -0.25) is 9.59 Å². The third kappa shape index (κ3) is 5.38. The van der Waals surface area contributed by atoms with Crippen LogP contribution in [0.3, 0.4) is 0 Å². The van der Waals surface area contributed by atoms with Gasteiger partial charge in [0.1, 0.15) is 5.75 Å². The highest BCUT2D eigenvalue weighted by Gasteiger charge is 2.29. The Kier molecular flexibility index (Phi) is 6.73. The Hall–Kier alpha value is -3.33. The van der Waals surface area contributed by atoms with E-state index in [-0.39, 0.29) is 23.1 Å². The zero-order valence-corrected chi connectivity index (χ0v) is 16.2. The number of nitrogens with one attached hydrogen (secondary N) is 3. The van der Waals surface area contributed by atoms with E-state index in [1.165, 1.54) is 31.2 Å². The van der Waals surface area contributed by atoms with E-state index in [9.17, 15) is 18.4 Å². The van der Waals surface area contributed by atoms with Crippen molar-refractivity contribution < 1.29 is 27.8 Å². The van der Waals surface area contributed by atoms with Gasteiger partial charge in [-0.2, -0.15) is 8.78 Å². The summed E-state index contributed by atoms with van der Waals surface area (Å²) in [6, 6.07) is 12.5. The lowest BCUT2D eigenvalue weighted by molar-refractivity contribution is -0.126. The van der Waals surface area contributed by atoms with E-state index in [1.807, 2.05) is 12.1 Å². The molecule has 2 amide bonds. The van der Waals surface area contributed by atoms with Crippen LogP contribution in [0.25, 0.3) is 0 Å². The van der Waals surface area contributed by atoms with Crippen LogP contribution in [-0.4, -0.2) is 37.4 Å². The molecule has 3 rings (SSSR count). The summed E-state index contributed by atoms with van der Waals surface area (Å²) in [6.07, 6.45) is 0. The average Bonchev–Trinajstić information content (AvgIpc) is 2.61. The molecule has 0 saturated carbocycles. The van der Waals surface area contributed by atoms with Crippen LogP contribution in [0.5, 0.6) is 5.75 Å². The van der Waals surface area contributed by atoms with Crippen molar-refractivity contribution in [1.82, 2.24) is 0 Å². The number of ether oxygens (including phenoxy) is 2. The van der Waals surface area contributed by atoms with Crippen molar-refractivity contribution in [2.75, 3.05) is 23.8 Å². The van der Waals surface area contributed by atoms with Crippen LogP contribution in [0.2, 0.25) is 0 Å². The molecule has 30 heavy (non-hydrogen) atoms. The van der Waals surface area contributed by atoms with Gasteiger partial charge >= 0.3 is 6.61 Å². The van der Waals surface area contributed by atoms with E-state index in [0.717, 1.165) is 5.56 Å². The van der Waals surface area contributed by atoms with Crippen molar-refractivity contribution in [2.24, 2.45) is 5.92 Å². The van der Waals surface area contributed by atoms with Gasteiger partial charge in [-0.15, -0.1) is 0 Å². The van der Waals surface area contributed by atoms with Crippen molar-refractivity contribution >= 4 is 28.9 Å². The Bertz CT molecular complexity index is 930. The standard InChI is InChI=1S/C21H21F2N3O4/c1-12(24)18(19(27)25-15-5-7-17(8-6-15)30-21(22)23)20(28)26-16-4-2-3-13(9-16)14-10-29-11-14/h2-9,14,18,21,24H,10-11H2,1H3,(H,25,27)(H,26,28). The zero-order valence-electron chi connectivity index (χ0n) is 16.2. The topological polar surface area (TPSA) is 101 Å². The summed E-state index contributed by atoms with van der Waals surface area (Å²) in [6.45, 7) is -0.327. The summed E-state index contributed by atoms with van der Waals surface area (Å²) in [5, 5.41) is 13.1. The maximum absolute atomic E-state index is 12.7. The predicted octanol–water partition coefficient (Wildman–Crippen LogP) is 3.63. The van der Waals surface area contributed by atoms with Gasteiger partial charge in [-0.25, -0.2) is 0 Å². The second-order valence-corrected chi connectivity index (χ2v) is 6.86. The van der Waals surface area contributed by atoms with Crippen molar-refractivity contribution in [2.45, 2.75) is 19.5 Å². The first-order valence-electron chi connectivity index (χ1n) is 9.23. The number of carbonyl (C=O) groups excluding carboxylic acids is 2. The van der Waals surface area contributed by atoms with Crippen LogP contribution in [0, 0.1) is 11.3 Å². The lowest BCUT2D eigenvalue weighted by Crippen LogP contribution is -2.38. The normalized spacial score (nSPS) is 14.5. The smallest absolute Gasteiger partial charge is 0.387 e. The molecule has 0 bridgehead atoms. The quantitative estimate of drug-likeness (QED) is 0.451. The molecule has 0 spiro atoms. The maximum atomic E-state index is 12.7. The van der Waals surface area contributed by atoms with Gasteiger partial charge in [0.15, 0.2) is 5.92 Å². The van der Waals surface area contributed by atoms with Crippen LogP contribution in [0.4, 0.5) is 20.2 Å². The van der Waals surface area contributed by atoms with Gasteiger partial charge in [-0.05, 0) is 48.9 Å². The number of rotatable bonds is 8. The van der Waals surface area contributed by atoms with Crippen molar-refractivity contribution in [3.8, 4) is 5.75 Å². The first kappa shape index (κ1) is 21.4. The number of carbonyl (C=O) groups is 2. The second-order valence-electron chi connectivity index (χ2n) is 6.86. The van der Waals surface area contributed by atoms with Crippen LogP contribution >= 0.6 is 0 Å². The molecule has 7 nitrogen and oxygen atoms in total. The maximum Gasteiger partial charge on any atom is 0.387 e. The Labute approximate surface area is 171 Å². The van der Waals surface area contributed by atoms with Gasteiger partial charge in [0, 0.05) is 23.0 Å². The molecule has 158 valence electrons. The molecular weight excluding hydrogens is 396 g/mol. The molecule has 1 aliphatic rings. The van der Waals surface area contributed by atoms with Crippen molar-refractivity contribution in [3.05, 3.63) is 54.1 Å². The molecule has 1 fully saturated rings. The largest absolute Gasteiger partial charge is 0.435 e. The second kappa shape index (κ2) is 9.45. The average molecular weight is 417 g/mol. The molecule has 9 heteroatoms. The summed E-state index contributed by atoms with van der Waals surface area (Å²) >= 11 is 0. The fourth-order valence-electron chi connectivity index (χ4n) is 2.96. The fourth-order valence-corrected chi connectivity index (χ4v) is 2.96. The van der Waals surface area contributed by atoms with Crippen molar-refractivity contribution in [1.29, 1.82) is 5.41 Å². The van der Waals surface area contributed by atoms with Crippen LogP contribution in [0.1, 0.15) is 18.4 Å². The molecule has 0 aromatic heterocycles. The van der Waals surface area contributed by atoms with Crippen molar-refractivity contribution in [3.63, 3.8) is 0 Å². The Morgan fingerprint density at radius 3 is 2.23 bits per heavy atom. The lowest BCUT2D eigenvalue weighted by Gasteiger charge is -2.26. The molecule has 1 unspecified atom stereocenters. The minimum atomic E-state index is -2.95. The van der Waals surface area contributed by atoms with E-state index >= 15 is 0 Å². The third-order valence-electron chi connectivity index (χ3n) is 4.57. The SMILES string of the molecule is CC(=N)C(C(=O)Nc1ccc(OC(F)F)cc1)C(=O)Nc1cccc(C2COC2)c1. The monoisotopic (exact) mass is 417 g/mol. The molecule has 1 aliphatic heterocycles. The number of anilines is 2. The molecule has 2 aromatic carbocycles. The minimum absolute atomic E-state index is 0.0581. The molecule has 1 saturated heterocycles. The molecule has 0 aliphatic carbocycles. The molecule has 2 aromatic rings. The van der Waals surface area contributed by atoms with E-state index < -0.39 is 24.3 Å². The molecule has 1 atom stereocenters. The number of hydrogen-bond acceptors (Lipinski definition) is 5. The Morgan fingerprint density at radius 1 is 1.07 bits per heavy atom. The summed E-state index contributed by atoms with van der Waals surface area (Å²) in [4.78, 5) is 25.3. The van der Waals surface area contributed by atoms with E-state index in [0.29, 0.717) is 18.9 Å². The van der Waals surface area contributed by atoms with E-state index in [2.05, 4.69) is 15.4 Å². The lowest BCUT2D eigenvalue weighted by atomic mass is 9.97. The highest BCUT2D eigenvalue weighted by molar-refractivity contribution is 6.24. The number of alkyl halides is 2. The number of benzene rings is 2. The van der Waals surface area contributed by atoms with Gasteiger partial charge in [0.2, 0.25) is 11.8 Å². The summed E-state index contributed by atoms with van der Waals surface area (Å²) < 4.78 is 33.9. The summed E-state index contributed by atoms with van der Waals surface area (Å²) in [7, 11) is 0. The summed E-state index contributed by atoms with van der Waals surface area (Å²) in [5.74, 6) is -2.47. The highest BCUT2D eigenvalue weighted by Crippen LogP contribution is 2.26. The minimum Gasteiger partial charge on any atom is -0.435 e. The van der Waals surface area contributed by atoms with Crippen LogP contribution < -0.4 is 15.4 Å². The Morgan fingerprint density at radius 2 is 1.70 bits per heavy atom. The number of halogens is 2. The summed E-state index contributed by atoms with van der Waals surface area (Å²) in [5.41, 5.74) is 1.70. The molecular formula is C21H21F2N3O4. The fraction of sp³-hybridized carbons (Fsp3) is 0.286. The first-order chi connectivity index (χ1) is 14.3.